The number of nitrogens with zero attached hydrogens (tertiary/aromatic N) is 2. The topological polar surface area (TPSA) is 99.6 Å². The fourth-order valence-electron chi connectivity index (χ4n) is 2.96. The van der Waals surface area contributed by atoms with Crippen LogP contribution >= 0.6 is 11.3 Å². The normalized spacial score (nSPS) is 12.8. The van der Waals surface area contributed by atoms with E-state index in [0.29, 0.717) is 27.4 Å². The SMILES string of the molecule is COC(=O)c1sc2ccc3nc(OC)cnc3c2c1/C=C/[C@@H](C)NC(=O)OC(C)(C)C. The average Bonchev–Trinajstić information content (AvgIpc) is 3.08. The van der Waals surface area contributed by atoms with Crippen LogP contribution in [-0.4, -0.2) is 47.9 Å². The summed E-state index contributed by atoms with van der Waals surface area (Å²) in [5.41, 5.74) is 1.37. The van der Waals surface area contributed by atoms with Crippen LogP contribution in [0.15, 0.2) is 24.4 Å². The van der Waals surface area contributed by atoms with E-state index in [0.717, 1.165) is 10.1 Å². The molecule has 0 saturated carbocycles. The summed E-state index contributed by atoms with van der Waals surface area (Å²) in [6.07, 6.45) is 4.60. The molecule has 3 aromatic rings. The maximum Gasteiger partial charge on any atom is 0.408 e. The van der Waals surface area contributed by atoms with E-state index in [2.05, 4.69) is 15.3 Å². The molecule has 1 aromatic carbocycles. The Kier molecular flexibility index (Phi) is 6.45. The number of rotatable bonds is 5. The van der Waals surface area contributed by atoms with Crippen LogP contribution in [0.5, 0.6) is 5.88 Å². The first kappa shape index (κ1) is 22.5. The van der Waals surface area contributed by atoms with Gasteiger partial charge in [0.2, 0.25) is 5.88 Å². The van der Waals surface area contributed by atoms with Crippen LogP contribution in [0.2, 0.25) is 0 Å². The number of hydrogen-bond acceptors (Lipinski definition) is 8. The molecule has 0 unspecified atom stereocenters. The molecule has 2 heterocycles. The summed E-state index contributed by atoms with van der Waals surface area (Å²) >= 11 is 1.32. The Balaban J connectivity index is 2.04. The molecule has 0 aliphatic rings. The van der Waals surface area contributed by atoms with E-state index in [1.807, 2.05) is 19.1 Å². The Bertz CT molecular complexity index is 1160. The molecule has 3 rings (SSSR count). The van der Waals surface area contributed by atoms with Gasteiger partial charge in [0.1, 0.15) is 10.5 Å². The van der Waals surface area contributed by atoms with Crippen molar-refractivity contribution in [1.82, 2.24) is 15.3 Å². The fourth-order valence-corrected chi connectivity index (χ4v) is 4.07. The number of aromatic nitrogens is 2. The van der Waals surface area contributed by atoms with Crippen LogP contribution in [0.4, 0.5) is 4.79 Å². The third-order valence-electron chi connectivity index (χ3n) is 4.26. The molecule has 164 valence electrons. The number of ether oxygens (including phenoxy) is 3. The second-order valence-corrected chi connectivity index (χ2v) is 8.90. The van der Waals surface area contributed by atoms with Crippen molar-refractivity contribution >= 4 is 50.6 Å². The van der Waals surface area contributed by atoms with Gasteiger partial charge in [0.25, 0.3) is 0 Å². The molecule has 0 spiro atoms. The van der Waals surface area contributed by atoms with E-state index in [4.69, 9.17) is 14.2 Å². The van der Waals surface area contributed by atoms with Crippen LogP contribution in [0, 0.1) is 0 Å². The van der Waals surface area contributed by atoms with Crippen molar-refractivity contribution in [2.24, 2.45) is 0 Å². The summed E-state index contributed by atoms with van der Waals surface area (Å²) in [6.45, 7) is 7.21. The number of esters is 1. The molecule has 0 fully saturated rings. The van der Waals surface area contributed by atoms with Gasteiger partial charge in [-0.3, -0.25) is 0 Å². The number of alkyl carbamates (subject to hydrolysis) is 1. The molecule has 31 heavy (non-hydrogen) atoms. The number of benzene rings is 1. The van der Waals surface area contributed by atoms with Gasteiger partial charge in [-0.15, -0.1) is 11.3 Å². The zero-order chi connectivity index (χ0) is 22.8. The molecule has 1 N–H and O–H groups in total. The van der Waals surface area contributed by atoms with E-state index < -0.39 is 17.7 Å². The van der Waals surface area contributed by atoms with E-state index >= 15 is 0 Å². The van der Waals surface area contributed by atoms with Gasteiger partial charge >= 0.3 is 12.1 Å². The number of amides is 1. The van der Waals surface area contributed by atoms with Gasteiger partial charge < -0.3 is 19.5 Å². The van der Waals surface area contributed by atoms with Crippen LogP contribution < -0.4 is 10.1 Å². The van der Waals surface area contributed by atoms with Gasteiger partial charge in [0.15, 0.2) is 0 Å². The van der Waals surface area contributed by atoms with Crippen molar-refractivity contribution in [2.45, 2.75) is 39.3 Å². The molecule has 8 nitrogen and oxygen atoms in total. The lowest BCUT2D eigenvalue weighted by atomic mass is 10.1. The molecular weight excluding hydrogens is 418 g/mol. The molecule has 0 saturated heterocycles. The Hall–Kier alpha value is -3.20. The lowest BCUT2D eigenvalue weighted by Crippen LogP contribution is -2.36. The van der Waals surface area contributed by atoms with E-state index in [1.54, 1.807) is 32.9 Å². The van der Waals surface area contributed by atoms with Gasteiger partial charge in [-0.25, -0.2) is 19.6 Å². The van der Waals surface area contributed by atoms with Crippen molar-refractivity contribution in [3.8, 4) is 5.88 Å². The minimum atomic E-state index is -0.590. The molecule has 1 amide bonds. The molecule has 1 atom stereocenters. The number of thiophene rings is 1. The smallest absolute Gasteiger partial charge is 0.408 e. The van der Waals surface area contributed by atoms with Crippen LogP contribution in [0.3, 0.4) is 0 Å². The molecule has 0 aliphatic heterocycles. The van der Waals surface area contributed by atoms with Gasteiger partial charge in [-0.05, 0) is 39.8 Å². The van der Waals surface area contributed by atoms with E-state index in [-0.39, 0.29) is 6.04 Å². The first-order valence-electron chi connectivity index (χ1n) is 9.65. The second-order valence-electron chi connectivity index (χ2n) is 7.85. The van der Waals surface area contributed by atoms with Crippen LogP contribution in [0.25, 0.3) is 27.2 Å². The molecule has 0 aliphatic carbocycles. The number of carbonyl (C=O) groups is 2. The van der Waals surface area contributed by atoms with Crippen molar-refractivity contribution in [3.05, 3.63) is 34.8 Å². The number of methoxy groups -OCH3 is 2. The van der Waals surface area contributed by atoms with Crippen LogP contribution in [0.1, 0.15) is 42.9 Å². The Morgan fingerprint density at radius 1 is 1.23 bits per heavy atom. The van der Waals surface area contributed by atoms with Crippen molar-refractivity contribution in [2.75, 3.05) is 14.2 Å². The maximum atomic E-state index is 12.4. The third-order valence-corrected chi connectivity index (χ3v) is 5.41. The lowest BCUT2D eigenvalue weighted by Gasteiger charge is -2.21. The fraction of sp³-hybridized carbons (Fsp3) is 0.364. The lowest BCUT2D eigenvalue weighted by molar-refractivity contribution is 0.0517. The predicted octanol–water partition coefficient (Wildman–Crippen LogP) is 4.57. The minimum absolute atomic E-state index is 0.337. The van der Waals surface area contributed by atoms with Crippen LogP contribution in [-0.2, 0) is 9.47 Å². The van der Waals surface area contributed by atoms with Gasteiger partial charge in [0, 0.05) is 21.7 Å². The highest BCUT2D eigenvalue weighted by Crippen LogP contribution is 2.37. The Labute approximate surface area is 184 Å². The number of fused-ring (bicyclic) bond motifs is 3. The highest BCUT2D eigenvalue weighted by molar-refractivity contribution is 7.21. The van der Waals surface area contributed by atoms with Crippen molar-refractivity contribution in [1.29, 1.82) is 0 Å². The average molecular weight is 444 g/mol. The first-order chi connectivity index (χ1) is 14.6. The third kappa shape index (κ3) is 5.11. The van der Waals surface area contributed by atoms with Crippen molar-refractivity contribution < 1.29 is 23.8 Å². The highest BCUT2D eigenvalue weighted by Gasteiger charge is 2.21. The van der Waals surface area contributed by atoms with Gasteiger partial charge in [-0.1, -0.05) is 12.2 Å². The Morgan fingerprint density at radius 3 is 2.61 bits per heavy atom. The monoisotopic (exact) mass is 443 g/mol. The maximum absolute atomic E-state index is 12.4. The quantitative estimate of drug-likeness (QED) is 0.577. The molecule has 0 bridgehead atoms. The standard InChI is InChI=1S/C22H25N3O5S/c1-12(24-21(27)30-22(2,3)4)7-8-13-17-15(31-19(13)20(26)29-6)10-9-14-18(17)23-11-16(25-14)28-5/h7-12H,1-6H3,(H,24,27)/b8-7+/t12-/m1/s1. The summed E-state index contributed by atoms with van der Waals surface area (Å²) in [5.74, 6) is -0.0363. The largest absolute Gasteiger partial charge is 0.480 e. The summed E-state index contributed by atoms with van der Waals surface area (Å²) in [6, 6.07) is 3.39. The number of hydrogen-bond donors (Lipinski definition) is 1. The number of nitrogens with one attached hydrogen (secondary N) is 1. The second kappa shape index (κ2) is 8.89. The summed E-state index contributed by atoms with van der Waals surface area (Å²) in [5, 5.41) is 3.55. The van der Waals surface area contributed by atoms with Gasteiger partial charge in [0.05, 0.1) is 31.4 Å². The first-order valence-corrected chi connectivity index (χ1v) is 10.5. The summed E-state index contributed by atoms with van der Waals surface area (Å²) < 4.78 is 16.3. The summed E-state index contributed by atoms with van der Waals surface area (Å²) in [7, 11) is 2.87. The predicted molar refractivity (Wildman–Crippen MR) is 121 cm³/mol. The van der Waals surface area contributed by atoms with Crippen molar-refractivity contribution in [3.63, 3.8) is 0 Å². The summed E-state index contributed by atoms with van der Waals surface area (Å²) in [4.78, 5) is 33.8. The van der Waals surface area contributed by atoms with E-state index in [1.165, 1.54) is 31.8 Å². The molecular formula is C22H25N3O5S. The zero-order valence-corrected chi connectivity index (χ0v) is 19.1. The minimum Gasteiger partial charge on any atom is -0.480 e. The van der Waals surface area contributed by atoms with E-state index in [9.17, 15) is 9.59 Å². The zero-order valence-electron chi connectivity index (χ0n) is 18.3. The van der Waals surface area contributed by atoms with Gasteiger partial charge in [-0.2, -0.15) is 0 Å². The molecule has 0 radical (unpaired) electrons. The highest BCUT2D eigenvalue weighted by atomic mass is 32.1. The Morgan fingerprint density at radius 2 is 1.97 bits per heavy atom. The molecule has 9 heteroatoms. The number of carbonyl (C=O) groups excluding carboxylic acids is 2. The molecule has 2 aromatic heterocycles.